The number of aromatic amines is 2. The molecule has 130 valence electrons. The van der Waals surface area contributed by atoms with Gasteiger partial charge in [0, 0.05) is 16.6 Å². The molecule has 1 aromatic carbocycles. The zero-order valence-electron chi connectivity index (χ0n) is 13.3. The maximum absolute atomic E-state index is 12.6. The van der Waals surface area contributed by atoms with Gasteiger partial charge in [-0.2, -0.15) is 13.2 Å². The summed E-state index contributed by atoms with van der Waals surface area (Å²) in [6.45, 7) is 3.65. The molecule has 0 spiro atoms. The summed E-state index contributed by atoms with van der Waals surface area (Å²) in [6.07, 6.45) is -4.68. The lowest BCUT2D eigenvalue weighted by Crippen LogP contribution is -2.25. The Bertz CT molecular complexity index is 1030. The number of amides is 1. The first-order valence-corrected chi connectivity index (χ1v) is 7.37. The van der Waals surface area contributed by atoms with Gasteiger partial charge in [-0.05, 0) is 38.1 Å². The van der Waals surface area contributed by atoms with Crippen molar-refractivity contribution in [3.8, 4) is 0 Å². The van der Waals surface area contributed by atoms with Gasteiger partial charge in [0.15, 0.2) is 0 Å². The van der Waals surface area contributed by atoms with Crippen LogP contribution in [0.1, 0.15) is 27.3 Å². The van der Waals surface area contributed by atoms with E-state index in [9.17, 15) is 22.8 Å². The maximum atomic E-state index is 12.6. The SMILES string of the molecule is Cc1ccc2[nH]c(C)c(NC(=O)c3ccc(C(F)(F)F)[nH]c3=O)c2c1. The number of rotatable bonds is 2. The number of alkyl halides is 3. The Kier molecular flexibility index (Phi) is 3.90. The van der Waals surface area contributed by atoms with Crippen LogP contribution >= 0.6 is 0 Å². The first kappa shape index (κ1) is 16.8. The van der Waals surface area contributed by atoms with Crippen LogP contribution in [0.5, 0.6) is 0 Å². The molecular formula is C17H14F3N3O2. The van der Waals surface area contributed by atoms with Crippen LogP contribution in [0, 0.1) is 13.8 Å². The highest BCUT2D eigenvalue weighted by Crippen LogP contribution is 2.29. The van der Waals surface area contributed by atoms with Crippen LogP contribution in [-0.2, 0) is 6.18 Å². The molecule has 0 fully saturated rings. The van der Waals surface area contributed by atoms with E-state index in [0.717, 1.165) is 22.5 Å². The fourth-order valence-electron chi connectivity index (χ4n) is 2.60. The molecule has 3 aromatic rings. The number of fused-ring (bicyclic) bond motifs is 1. The zero-order chi connectivity index (χ0) is 18.4. The summed E-state index contributed by atoms with van der Waals surface area (Å²) in [5.74, 6) is -0.777. The summed E-state index contributed by atoms with van der Waals surface area (Å²) >= 11 is 0. The Labute approximate surface area is 139 Å². The number of hydrogen-bond donors (Lipinski definition) is 3. The van der Waals surface area contributed by atoms with Crippen LogP contribution in [-0.4, -0.2) is 15.9 Å². The highest BCUT2D eigenvalue weighted by atomic mass is 19.4. The molecular weight excluding hydrogens is 335 g/mol. The van der Waals surface area contributed by atoms with Gasteiger partial charge in [-0.3, -0.25) is 9.59 Å². The van der Waals surface area contributed by atoms with Gasteiger partial charge in [-0.15, -0.1) is 0 Å². The highest BCUT2D eigenvalue weighted by Gasteiger charge is 2.32. The molecule has 0 aliphatic rings. The van der Waals surface area contributed by atoms with Crippen molar-refractivity contribution >= 4 is 22.5 Å². The van der Waals surface area contributed by atoms with Gasteiger partial charge in [0.05, 0.1) is 5.69 Å². The Hall–Kier alpha value is -3.03. The standard InChI is InChI=1S/C17H14F3N3O2/c1-8-3-5-12-11(7-8)14(9(2)21-12)23-16(25)10-4-6-13(17(18,19)20)22-15(10)24/h3-7,21H,1-2H3,(H,22,24)(H,23,25). The van der Waals surface area contributed by atoms with E-state index in [0.29, 0.717) is 17.4 Å². The normalized spacial score (nSPS) is 11.7. The molecule has 0 radical (unpaired) electrons. The average Bonchev–Trinajstić information content (AvgIpc) is 2.82. The third kappa shape index (κ3) is 3.15. The molecule has 2 heterocycles. The van der Waals surface area contributed by atoms with Gasteiger partial charge in [-0.25, -0.2) is 0 Å². The van der Waals surface area contributed by atoms with Crippen molar-refractivity contribution in [2.24, 2.45) is 0 Å². The number of pyridine rings is 1. The number of benzene rings is 1. The van der Waals surface area contributed by atoms with Crippen molar-refractivity contribution in [2.45, 2.75) is 20.0 Å². The minimum atomic E-state index is -4.68. The van der Waals surface area contributed by atoms with E-state index in [4.69, 9.17) is 0 Å². The molecule has 3 N–H and O–H groups in total. The Morgan fingerprint density at radius 2 is 1.80 bits per heavy atom. The second-order valence-electron chi connectivity index (χ2n) is 5.74. The summed E-state index contributed by atoms with van der Waals surface area (Å²) in [7, 11) is 0. The Balaban J connectivity index is 1.97. The van der Waals surface area contributed by atoms with Crippen molar-refractivity contribution < 1.29 is 18.0 Å². The third-order valence-corrected chi connectivity index (χ3v) is 3.84. The van der Waals surface area contributed by atoms with E-state index < -0.39 is 28.9 Å². The molecule has 0 aliphatic carbocycles. The van der Waals surface area contributed by atoms with Crippen LogP contribution in [0.15, 0.2) is 35.1 Å². The van der Waals surface area contributed by atoms with Gasteiger partial charge in [-0.1, -0.05) is 11.6 Å². The Morgan fingerprint density at radius 1 is 1.08 bits per heavy atom. The fraction of sp³-hybridized carbons (Fsp3) is 0.176. The van der Waals surface area contributed by atoms with Crippen molar-refractivity contribution in [1.82, 2.24) is 9.97 Å². The number of H-pyrrole nitrogens is 2. The topological polar surface area (TPSA) is 77.8 Å². The summed E-state index contributed by atoms with van der Waals surface area (Å²) in [5, 5.41) is 3.36. The van der Waals surface area contributed by atoms with Gasteiger partial charge >= 0.3 is 6.18 Å². The number of aromatic nitrogens is 2. The summed E-state index contributed by atoms with van der Waals surface area (Å²) < 4.78 is 37.8. The molecule has 0 atom stereocenters. The minimum Gasteiger partial charge on any atom is -0.357 e. The lowest BCUT2D eigenvalue weighted by Gasteiger charge is -2.08. The second kappa shape index (κ2) is 5.80. The monoisotopic (exact) mass is 349 g/mol. The molecule has 0 saturated carbocycles. The fourth-order valence-corrected chi connectivity index (χ4v) is 2.60. The molecule has 0 aliphatic heterocycles. The number of aryl methyl sites for hydroxylation is 2. The van der Waals surface area contributed by atoms with Crippen LogP contribution < -0.4 is 10.9 Å². The van der Waals surface area contributed by atoms with Crippen LogP contribution in [0.4, 0.5) is 18.9 Å². The number of halogens is 3. The number of carbonyl (C=O) groups is 1. The van der Waals surface area contributed by atoms with E-state index >= 15 is 0 Å². The largest absolute Gasteiger partial charge is 0.431 e. The van der Waals surface area contributed by atoms with E-state index in [1.165, 1.54) is 0 Å². The molecule has 25 heavy (non-hydrogen) atoms. The quantitative estimate of drug-likeness (QED) is 0.659. The average molecular weight is 349 g/mol. The van der Waals surface area contributed by atoms with Gasteiger partial charge < -0.3 is 15.3 Å². The predicted molar refractivity (Wildman–Crippen MR) is 87.8 cm³/mol. The number of carbonyl (C=O) groups excluding carboxylic acids is 1. The highest BCUT2D eigenvalue weighted by molar-refractivity contribution is 6.09. The number of hydrogen-bond acceptors (Lipinski definition) is 2. The van der Waals surface area contributed by atoms with E-state index in [-0.39, 0.29) is 0 Å². The van der Waals surface area contributed by atoms with E-state index in [1.54, 1.807) is 11.9 Å². The molecule has 3 rings (SSSR count). The smallest absolute Gasteiger partial charge is 0.357 e. The first-order valence-electron chi connectivity index (χ1n) is 7.37. The summed E-state index contributed by atoms with van der Waals surface area (Å²) in [5.41, 5.74) is 0.262. The zero-order valence-corrected chi connectivity index (χ0v) is 13.3. The number of nitrogens with one attached hydrogen (secondary N) is 3. The van der Waals surface area contributed by atoms with Gasteiger partial charge in [0.1, 0.15) is 11.3 Å². The lowest BCUT2D eigenvalue weighted by molar-refractivity contribution is -0.141. The second-order valence-corrected chi connectivity index (χ2v) is 5.74. The molecule has 8 heteroatoms. The van der Waals surface area contributed by atoms with Crippen molar-refractivity contribution in [3.63, 3.8) is 0 Å². The molecule has 0 unspecified atom stereocenters. The lowest BCUT2D eigenvalue weighted by atomic mass is 10.1. The van der Waals surface area contributed by atoms with Gasteiger partial charge in [0.2, 0.25) is 0 Å². The molecule has 0 saturated heterocycles. The van der Waals surface area contributed by atoms with Crippen molar-refractivity contribution in [2.75, 3.05) is 5.32 Å². The summed E-state index contributed by atoms with van der Waals surface area (Å²) in [6, 6.07) is 7.17. The van der Waals surface area contributed by atoms with Crippen molar-refractivity contribution in [1.29, 1.82) is 0 Å². The first-order chi connectivity index (χ1) is 11.7. The predicted octanol–water partition coefficient (Wildman–Crippen LogP) is 3.74. The Morgan fingerprint density at radius 3 is 2.44 bits per heavy atom. The third-order valence-electron chi connectivity index (χ3n) is 3.84. The molecule has 1 amide bonds. The molecule has 0 bridgehead atoms. The minimum absolute atomic E-state index is 0.394. The van der Waals surface area contributed by atoms with Crippen LogP contribution in [0.3, 0.4) is 0 Å². The summed E-state index contributed by atoms with van der Waals surface area (Å²) in [4.78, 5) is 29.0. The maximum Gasteiger partial charge on any atom is 0.431 e. The van der Waals surface area contributed by atoms with E-state index in [1.807, 2.05) is 25.1 Å². The number of anilines is 1. The van der Waals surface area contributed by atoms with E-state index in [2.05, 4.69) is 10.3 Å². The molecule has 5 nitrogen and oxygen atoms in total. The van der Waals surface area contributed by atoms with Crippen LogP contribution in [0.25, 0.3) is 10.9 Å². The van der Waals surface area contributed by atoms with Crippen LogP contribution in [0.2, 0.25) is 0 Å². The molecule has 2 aromatic heterocycles. The van der Waals surface area contributed by atoms with Gasteiger partial charge in [0.25, 0.3) is 11.5 Å². The van der Waals surface area contributed by atoms with Crippen molar-refractivity contribution in [3.05, 3.63) is 63.2 Å².